The van der Waals surface area contributed by atoms with Crippen LogP contribution >= 0.6 is 11.6 Å². The summed E-state index contributed by atoms with van der Waals surface area (Å²) in [7, 11) is 0. The molecular weight excluding hydrogens is 262 g/mol. The van der Waals surface area contributed by atoms with Crippen LogP contribution in [0.2, 0.25) is 5.02 Å². The molecule has 2 heterocycles. The van der Waals surface area contributed by atoms with Crippen LogP contribution in [0.1, 0.15) is 23.7 Å². The number of halogens is 1. The zero-order chi connectivity index (χ0) is 13.1. The summed E-state index contributed by atoms with van der Waals surface area (Å²) in [5, 5.41) is 8.12. The fourth-order valence-electron chi connectivity index (χ4n) is 2.37. The molecule has 1 aromatic heterocycles. The van der Waals surface area contributed by atoms with E-state index in [2.05, 4.69) is 15.5 Å². The van der Waals surface area contributed by atoms with Crippen LogP contribution in [0.5, 0.6) is 0 Å². The third kappa shape index (κ3) is 3.33. The van der Waals surface area contributed by atoms with Crippen molar-refractivity contribution in [2.24, 2.45) is 5.92 Å². The molecule has 4 nitrogen and oxygen atoms in total. The second kappa shape index (κ2) is 5.72. The van der Waals surface area contributed by atoms with Crippen molar-refractivity contribution in [3.63, 3.8) is 0 Å². The van der Waals surface area contributed by atoms with Crippen molar-refractivity contribution >= 4 is 11.6 Å². The zero-order valence-corrected chi connectivity index (χ0v) is 11.4. The highest BCUT2D eigenvalue weighted by molar-refractivity contribution is 6.30. The number of aromatic nitrogens is 2. The van der Waals surface area contributed by atoms with Crippen LogP contribution in [-0.4, -0.2) is 23.2 Å². The molecule has 0 aliphatic carbocycles. The third-order valence-electron chi connectivity index (χ3n) is 3.41. The molecule has 1 unspecified atom stereocenters. The van der Waals surface area contributed by atoms with Gasteiger partial charge in [0.05, 0.1) is 0 Å². The molecule has 100 valence electrons. The van der Waals surface area contributed by atoms with Crippen molar-refractivity contribution in [1.82, 2.24) is 15.5 Å². The Morgan fingerprint density at radius 2 is 2.16 bits per heavy atom. The van der Waals surface area contributed by atoms with Gasteiger partial charge < -0.3 is 9.84 Å². The first kappa shape index (κ1) is 12.6. The lowest BCUT2D eigenvalue weighted by atomic mass is 10.1. The van der Waals surface area contributed by atoms with Crippen molar-refractivity contribution in [2.45, 2.75) is 19.3 Å². The molecule has 3 rings (SSSR count). The highest BCUT2D eigenvalue weighted by atomic mass is 35.5. The van der Waals surface area contributed by atoms with Gasteiger partial charge in [0, 0.05) is 17.9 Å². The maximum Gasteiger partial charge on any atom is 0.226 e. The van der Waals surface area contributed by atoms with Gasteiger partial charge in [-0.2, -0.15) is 4.98 Å². The number of rotatable bonds is 4. The number of hydrogen-bond donors (Lipinski definition) is 1. The quantitative estimate of drug-likeness (QED) is 0.933. The van der Waals surface area contributed by atoms with Gasteiger partial charge in [0.1, 0.15) is 0 Å². The normalized spacial score (nSPS) is 18.9. The van der Waals surface area contributed by atoms with Crippen molar-refractivity contribution in [2.75, 3.05) is 13.1 Å². The Bertz CT molecular complexity index is 532. The van der Waals surface area contributed by atoms with E-state index in [1.807, 2.05) is 24.3 Å². The second-order valence-corrected chi connectivity index (χ2v) is 5.41. The largest absolute Gasteiger partial charge is 0.339 e. The Balaban J connectivity index is 1.62. The molecule has 19 heavy (non-hydrogen) atoms. The molecule has 0 bridgehead atoms. The summed E-state index contributed by atoms with van der Waals surface area (Å²) in [5.74, 6) is 2.12. The molecule has 1 N–H and O–H groups in total. The van der Waals surface area contributed by atoms with Gasteiger partial charge in [-0.15, -0.1) is 0 Å². The fraction of sp³-hybridized carbons (Fsp3) is 0.429. The molecule has 1 aliphatic rings. The lowest BCUT2D eigenvalue weighted by Crippen LogP contribution is -2.10. The summed E-state index contributed by atoms with van der Waals surface area (Å²) in [6.07, 6.45) is 2.75. The van der Waals surface area contributed by atoms with E-state index >= 15 is 0 Å². The molecule has 0 radical (unpaired) electrons. The highest BCUT2D eigenvalue weighted by Gasteiger charge is 2.18. The Hall–Kier alpha value is -1.39. The second-order valence-electron chi connectivity index (χ2n) is 4.97. The van der Waals surface area contributed by atoms with E-state index in [-0.39, 0.29) is 0 Å². The van der Waals surface area contributed by atoms with E-state index in [0.717, 1.165) is 41.8 Å². The van der Waals surface area contributed by atoms with E-state index in [4.69, 9.17) is 16.1 Å². The van der Waals surface area contributed by atoms with Crippen LogP contribution in [0.15, 0.2) is 28.8 Å². The Kier molecular flexibility index (Phi) is 3.80. The van der Waals surface area contributed by atoms with Gasteiger partial charge in [0.2, 0.25) is 5.89 Å². The molecule has 0 saturated carbocycles. The highest BCUT2D eigenvalue weighted by Crippen LogP contribution is 2.15. The molecule has 1 fully saturated rings. The van der Waals surface area contributed by atoms with E-state index in [9.17, 15) is 0 Å². The third-order valence-corrected chi connectivity index (χ3v) is 3.66. The number of nitrogens with zero attached hydrogens (tertiary/aromatic N) is 2. The van der Waals surface area contributed by atoms with Gasteiger partial charge in [-0.05, 0) is 43.1 Å². The molecule has 2 aromatic rings. The predicted molar refractivity (Wildman–Crippen MR) is 73.2 cm³/mol. The van der Waals surface area contributed by atoms with Gasteiger partial charge in [0.15, 0.2) is 5.82 Å². The molecule has 1 saturated heterocycles. The minimum Gasteiger partial charge on any atom is -0.339 e. The van der Waals surface area contributed by atoms with E-state index in [1.165, 1.54) is 6.42 Å². The summed E-state index contributed by atoms with van der Waals surface area (Å²) >= 11 is 5.86. The molecule has 1 atom stereocenters. The maximum absolute atomic E-state index is 5.86. The van der Waals surface area contributed by atoms with Gasteiger partial charge in [-0.3, -0.25) is 0 Å². The topological polar surface area (TPSA) is 51.0 Å². The lowest BCUT2D eigenvalue weighted by Gasteiger charge is -2.01. The smallest absolute Gasteiger partial charge is 0.226 e. The first-order valence-electron chi connectivity index (χ1n) is 6.56. The van der Waals surface area contributed by atoms with Gasteiger partial charge in [0.25, 0.3) is 0 Å². The predicted octanol–water partition coefficient (Wildman–Crippen LogP) is 2.47. The minimum atomic E-state index is 0.629. The standard InChI is InChI=1S/C14H16ClN3O/c15-12-3-1-10(2-4-12)7-13-17-14(19-18-13)8-11-5-6-16-9-11/h1-4,11,16H,5-9H2. The Morgan fingerprint density at radius 1 is 1.32 bits per heavy atom. The van der Waals surface area contributed by atoms with Crippen molar-refractivity contribution in [1.29, 1.82) is 0 Å². The molecule has 1 aromatic carbocycles. The summed E-state index contributed by atoms with van der Waals surface area (Å²) in [6.45, 7) is 2.14. The SMILES string of the molecule is Clc1ccc(Cc2noc(CC3CCNC3)n2)cc1. The van der Waals surface area contributed by atoms with Crippen LogP contribution in [0, 0.1) is 5.92 Å². The van der Waals surface area contributed by atoms with Gasteiger partial charge >= 0.3 is 0 Å². The van der Waals surface area contributed by atoms with E-state index in [0.29, 0.717) is 12.3 Å². The van der Waals surface area contributed by atoms with Crippen LogP contribution in [0.25, 0.3) is 0 Å². The Morgan fingerprint density at radius 3 is 2.89 bits per heavy atom. The molecular formula is C14H16ClN3O. The summed E-state index contributed by atoms with van der Waals surface area (Å²) in [5.41, 5.74) is 1.14. The molecule has 0 amide bonds. The van der Waals surface area contributed by atoms with Crippen LogP contribution in [-0.2, 0) is 12.8 Å². The minimum absolute atomic E-state index is 0.629. The monoisotopic (exact) mass is 277 g/mol. The molecule has 5 heteroatoms. The average Bonchev–Trinajstić information content (AvgIpc) is 3.05. The van der Waals surface area contributed by atoms with Gasteiger partial charge in [-0.25, -0.2) is 0 Å². The maximum atomic E-state index is 5.86. The van der Waals surface area contributed by atoms with E-state index < -0.39 is 0 Å². The number of hydrogen-bond acceptors (Lipinski definition) is 4. The van der Waals surface area contributed by atoms with Crippen LogP contribution in [0.4, 0.5) is 0 Å². The Labute approximate surface area is 117 Å². The van der Waals surface area contributed by atoms with Crippen molar-refractivity contribution in [3.05, 3.63) is 46.6 Å². The van der Waals surface area contributed by atoms with Crippen LogP contribution < -0.4 is 5.32 Å². The van der Waals surface area contributed by atoms with Gasteiger partial charge in [-0.1, -0.05) is 28.9 Å². The van der Waals surface area contributed by atoms with Crippen molar-refractivity contribution < 1.29 is 4.52 Å². The van der Waals surface area contributed by atoms with E-state index in [1.54, 1.807) is 0 Å². The lowest BCUT2D eigenvalue weighted by molar-refractivity contribution is 0.354. The molecule has 0 spiro atoms. The summed E-state index contributed by atoms with van der Waals surface area (Å²) in [4.78, 5) is 4.45. The van der Waals surface area contributed by atoms with Crippen LogP contribution in [0.3, 0.4) is 0 Å². The molecule has 1 aliphatic heterocycles. The summed E-state index contributed by atoms with van der Waals surface area (Å²) < 4.78 is 5.31. The zero-order valence-electron chi connectivity index (χ0n) is 10.6. The fourth-order valence-corrected chi connectivity index (χ4v) is 2.49. The number of benzene rings is 1. The first-order valence-corrected chi connectivity index (χ1v) is 6.94. The first-order chi connectivity index (χ1) is 9.29. The average molecular weight is 278 g/mol. The van der Waals surface area contributed by atoms with Crippen molar-refractivity contribution in [3.8, 4) is 0 Å². The summed E-state index contributed by atoms with van der Waals surface area (Å²) in [6, 6.07) is 7.72. The number of nitrogens with one attached hydrogen (secondary N) is 1.